The zero-order valence-electron chi connectivity index (χ0n) is 12.0. The first-order valence-corrected chi connectivity index (χ1v) is 10.9. The first-order chi connectivity index (χ1) is 10.0. The van der Waals surface area contributed by atoms with E-state index in [1.165, 1.54) is 11.3 Å². The van der Waals surface area contributed by atoms with Gasteiger partial charge >= 0.3 is 0 Å². The number of sulfone groups is 1. The molecule has 1 aliphatic heterocycles. The van der Waals surface area contributed by atoms with Crippen molar-refractivity contribution in [3.8, 4) is 0 Å². The van der Waals surface area contributed by atoms with E-state index in [2.05, 4.69) is 4.98 Å². The Morgan fingerprint density at radius 1 is 1.48 bits per heavy atom. The fourth-order valence-corrected chi connectivity index (χ4v) is 7.04. The third-order valence-corrected chi connectivity index (χ3v) is 8.58. The fourth-order valence-electron chi connectivity index (χ4n) is 2.80. The lowest BCUT2D eigenvalue weighted by molar-refractivity contribution is 0.160. The van der Waals surface area contributed by atoms with Gasteiger partial charge in [-0.3, -0.25) is 0 Å². The SMILES string of the molecule is CCS(=O)(=O)C1CSCCN1c1nc2c(s1)C(O)CCC2. The van der Waals surface area contributed by atoms with Gasteiger partial charge < -0.3 is 10.0 Å². The van der Waals surface area contributed by atoms with Crippen LogP contribution in [0.15, 0.2) is 0 Å². The summed E-state index contributed by atoms with van der Waals surface area (Å²) in [7, 11) is -3.12. The van der Waals surface area contributed by atoms with E-state index in [1.807, 2.05) is 4.90 Å². The number of aliphatic hydroxyl groups excluding tert-OH is 1. The topological polar surface area (TPSA) is 70.5 Å². The number of anilines is 1. The van der Waals surface area contributed by atoms with Gasteiger partial charge in [-0.1, -0.05) is 18.3 Å². The van der Waals surface area contributed by atoms with Crippen molar-refractivity contribution in [1.29, 1.82) is 0 Å². The Morgan fingerprint density at radius 3 is 3.00 bits per heavy atom. The van der Waals surface area contributed by atoms with Crippen LogP contribution in [0.2, 0.25) is 0 Å². The van der Waals surface area contributed by atoms with E-state index >= 15 is 0 Å². The number of rotatable bonds is 3. The molecule has 1 aromatic heterocycles. The standard InChI is InChI=1S/C13H20N2O3S3/c1-2-21(17,18)11-8-19-7-6-15(11)13-14-9-4-3-5-10(16)12(9)20-13/h10-11,16H,2-8H2,1H3. The van der Waals surface area contributed by atoms with Crippen molar-refractivity contribution in [2.45, 2.75) is 37.7 Å². The lowest BCUT2D eigenvalue weighted by atomic mass is 10.0. The summed E-state index contributed by atoms with van der Waals surface area (Å²) in [5.41, 5.74) is 0.958. The Morgan fingerprint density at radius 2 is 2.29 bits per heavy atom. The van der Waals surface area contributed by atoms with Gasteiger partial charge in [0, 0.05) is 23.8 Å². The smallest absolute Gasteiger partial charge is 0.187 e. The molecule has 0 amide bonds. The van der Waals surface area contributed by atoms with Crippen molar-refractivity contribution in [3.63, 3.8) is 0 Å². The minimum Gasteiger partial charge on any atom is -0.388 e. The molecule has 0 aromatic carbocycles. The molecule has 1 N–H and O–H groups in total. The number of hydrogen-bond donors (Lipinski definition) is 1. The molecule has 3 rings (SSSR count). The van der Waals surface area contributed by atoms with Crippen molar-refractivity contribution in [2.75, 3.05) is 28.7 Å². The van der Waals surface area contributed by atoms with E-state index in [1.54, 1.807) is 18.7 Å². The van der Waals surface area contributed by atoms with Crippen LogP contribution in [0.4, 0.5) is 5.13 Å². The number of aromatic nitrogens is 1. The molecular formula is C13H20N2O3S3. The highest BCUT2D eigenvalue weighted by atomic mass is 32.2. The summed E-state index contributed by atoms with van der Waals surface area (Å²) in [6, 6.07) is 0. The zero-order valence-corrected chi connectivity index (χ0v) is 14.4. The molecule has 0 radical (unpaired) electrons. The molecule has 0 bridgehead atoms. The van der Waals surface area contributed by atoms with Crippen LogP contribution in [0, 0.1) is 0 Å². The summed E-state index contributed by atoms with van der Waals surface area (Å²) in [5, 5.41) is 10.4. The van der Waals surface area contributed by atoms with Gasteiger partial charge in [0.2, 0.25) is 0 Å². The molecule has 1 aromatic rings. The normalized spacial score (nSPS) is 26.7. The maximum Gasteiger partial charge on any atom is 0.187 e. The molecule has 5 nitrogen and oxygen atoms in total. The summed E-state index contributed by atoms with van der Waals surface area (Å²) in [6.45, 7) is 2.40. The highest BCUT2D eigenvalue weighted by Crippen LogP contribution is 2.39. The largest absolute Gasteiger partial charge is 0.388 e. The summed E-state index contributed by atoms with van der Waals surface area (Å²) in [5.74, 6) is 1.67. The van der Waals surface area contributed by atoms with Gasteiger partial charge in [0.05, 0.1) is 16.7 Å². The van der Waals surface area contributed by atoms with Crippen LogP contribution in [0.1, 0.15) is 36.4 Å². The Labute approximate surface area is 133 Å². The molecule has 8 heteroatoms. The molecule has 21 heavy (non-hydrogen) atoms. The molecule has 2 atom stereocenters. The van der Waals surface area contributed by atoms with Crippen LogP contribution < -0.4 is 4.90 Å². The molecule has 2 heterocycles. The maximum atomic E-state index is 12.3. The molecule has 118 valence electrons. The van der Waals surface area contributed by atoms with Crippen LogP contribution in [0.25, 0.3) is 0 Å². The molecule has 1 aliphatic carbocycles. The minimum absolute atomic E-state index is 0.155. The van der Waals surface area contributed by atoms with E-state index in [0.29, 0.717) is 12.3 Å². The number of aliphatic hydroxyl groups is 1. The predicted molar refractivity (Wildman–Crippen MR) is 87.9 cm³/mol. The van der Waals surface area contributed by atoms with Gasteiger partial charge in [0.1, 0.15) is 5.37 Å². The van der Waals surface area contributed by atoms with Gasteiger partial charge in [0.25, 0.3) is 0 Å². The highest BCUT2D eigenvalue weighted by Gasteiger charge is 2.35. The maximum absolute atomic E-state index is 12.3. The first-order valence-electron chi connectivity index (χ1n) is 7.26. The summed E-state index contributed by atoms with van der Waals surface area (Å²) in [4.78, 5) is 7.50. The second-order valence-electron chi connectivity index (χ2n) is 5.39. The van der Waals surface area contributed by atoms with Gasteiger partial charge in [0.15, 0.2) is 15.0 Å². The van der Waals surface area contributed by atoms with Crippen molar-refractivity contribution in [3.05, 3.63) is 10.6 Å². The number of aryl methyl sites for hydroxylation is 1. The molecule has 1 fully saturated rings. The predicted octanol–water partition coefficient (Wildman–Crippen LogP) is 1.83. The number of fused-ring (bicyclic) bond motifs is 1. The van der Waals surface area contributed by atoms with Crippen molar-refractivity contribution < 1.29 is 13.5 Å². The third-order valence-electron chi connectivity index (χ3n) is 4.06. The van der Waals surface area contributed by atoms with Crippen molar-refractivity contribution in [2.24, 2.45) is 0 Å². The Bertz CT molecular complexity index is 614. The van der Waals surface area contributed by atoms with E-state index in [9.17, 15) is 13.5 Å². The number of hydrogen-bond acceptors (Lipinski definition) is 7. The average molecular weight is 349 g/mol. The van der Waals surface area contributed by atoms with Crippen molar-refractivity contribution in [1.82, 2.24) is 4.98 Å². The lowest BCUT2D eigenvalue weighted by Crippen LogP contribution is -2.48. The third kappa shape index (κ3) is 2.95. The Hall–Kier alpha value is -0.310. The first kappa shape index (κ1) is 15.6. The fraction of sp³-hybridized carbons (Fsp3) is 0.769. The van der Waals surface area contributed by atoms with Gasteiger partial charge in [-0.25, -0.2) is 13.4 Å². The monoisotopic (exact) mass is 348 g/mol. The van der Waals surface area contributed by atoms with E-state index < -0.39 is 21.3 Å². The van der Waals surface area contributed by atoms with E-state index in [4.69, 9.17) is 0 Å². The average Bonchev–Trinajstić information content (AvgIpc) is 2.93. The second-order valence-corrected chi connectivity index (χ2v) is 10.00. The minimum atomic E-state index is -3.12. The number of thioether (sulfide) groups is 1. The van der Waals surface area contributed by atoms with Crippen molar-refractivity contribution >= 4 is 38.1 Å². The van der Waals surface area contributed by atoms with Crippen LogP contribution in [0.3, 0.4) is 0 Å². The van der Waals surface area contributed by atoms with E-state index in [-0.39, 0.29) is 5.75 Å². The molecule has 0 saturated carbocycles. The van der Waals surface area contributed by atoms with Gasteiger partial charge in [-0.15, -0.1) is 0 Å². The quantitative estimate of drug-likeness (QED) is 0.899. The molecule has 0 spiro atoms. The summed E-state index contributed by atoms with van der Waals surface area (Å²) in [6.07, 6.45) is 2.18. The molecule has 1 saturated heterocycles. The molecule has 2 aliphatic rings. The lowest BCUT2D eigenvalue weighted by Gasteiger charge is -2.34. The summed E-state index contributed by atoms with van der Waals surface area (Å²) >= 11 is 3.16. The van der Waals surface area contributed by atoms with Gasteiger partial charge in [-0.05, 0) is 19.3 Å². The van der Waals surface area contributed by atoms with Crippen LogP contribution in [0.5, 0.6) is 0 Å². The van der Waals surface area contributed by atoms with Crippen LogP contribution >= 0.6 is 23.1 Å². The molecular weight excluding hydrogens is 328 g/mol. The summed E-state index contributed by atoms with van der Waals surface area (Å²) < 4.78 is 24.6. The zero-order chi connectivity index (χ0) is 15.0. The van der Waals surface area contributed by atoms with Crippen LogP contribution in [-0.2, 0) is 16.3 Å². The Kier molecular flexibility index (Phi) is 4.50. The van der Waals surface area contributed by atoms with Gasteiger partial charge in [-0.2, -0.15) is 11.8 Å². The second kappa shape index (κ2) is 6.06. The molecule has 2 unspecified atom stereocenters. The Balaban J connectivity index is 1.94. The van der Waals surface area contributed by atoms with Crippen LogP contribution in [-0.4, -0.2) is 47.7 Å². The number of nitrogens with zero attached hydrogens (tertiary/aromatic N) is 2. The highest BCUT2D eigenvalue weighted by molar-refractivity contribution is 8.01. The van der Waals surface area contributed by atoms with E-state index in [0.717, 1.165) is 40.7 Å². The number of thiazole rings is 1.